The average Bonchev–Trinajstić information content (AvgIpc) is 2.35. The second kappa shape index (κ2) is 5.40. The van der Waals surface area contributed by atoms with Crippen LogP contribution < -0.4 is 15.4 Å². The van der Waals surface area contributed by atoms with E-state index in [0.29, 0.717) is 10.9 Å². The van der Waals surface area contributed by atoms with Gasteiger partial charge in [-0.1, -0.05) is 0 Å². The molecule has 0 aliphatic carbocycles. The summed E-state index contributed by atoms with van der Waals surface area (Å²) in [7, 11) is 3.64. The molecular weight excluding hydrogens is 283 g/mol. The van der Waals surface area contributed by atoms with Crippen molar-refractivity contribution in [3.8, 4) is 5.75 Å². The zero-order valence-electron chi connectivity index (χ0n) is 12.0. The van der Waals surface area contributed by atoms with Crippen molar-refractivity contribution in [2.24, 2.45) is 5.73 Å². The maximum atomic E-state index is 12.3. The fourth-order valence-electron chi connectivity index (χ4n) is 2.34. The quantitative estimate of drug-likeness (QED) is 0.946. The van der Waals surface area contributed by atoms with Crippen LogP contribution in [0.3, 0.4) is 0 Å². The summed E-state index contributed by atoms with van der Waals surface area (Å²) < 4.78 is 41.0. The average molecular weight is 299 g/mol. The van der Waals surface area contributed by atoms with Gasteiger partial charge in [0.2, 0.25) is 0 Å². The van der Waals surface area contributed by atoms with E-state index in [1.807, 2.05) is 25.9 Å². The highest BCUT2D eigenvalue weighted by atomic mass is 19.4. The third-order valence-electron chi connectivity index (χ3n) is 3.14. The van der Waals surface area contributed by atoms with Crippen molar-refractivity contribution < 1.29 is 17.9 Å². The van der Waals surface area contributed by atoms with Gasteiger partial charge in [0.15, 0.2) is 0 Å². The zero-order valence-corrected chi connectivity index (χ0v) is 12.0. The van der Waals surface area contributed by atoms with E-state index in [-0.39, 0.29) is 12.3 Å². The van der Waals surface area contributed by atoms with Gasteiger partial charge >= 0.3 is 6.36 Å². The molecule has 0 spiro atoms. The van der Waals surface area contributed by atoms with Crippen molar-refractivity contribution in [2.75, 3.05) is 19.0 Å². The molecule has 21 heavy (non-hydrogen) atoms. The lowest BCUT2D eigenvalue weighted by atomic mass is 10.1. The Bertz CT molecular complexity index is 669. The standard InChI is InChI=1S/C14H16F3N3O/c1-8-12(7-18)19-11-5-4-9(21-14(15,16)17)6-10(11)13(8)20(2)3/h4-6H,7,18H2,1-3H3. The van der Waals surface area contributed by atoms with Crippen LogP contribution in [0.15, 0.2) is 18.2 Å². The highest BCUT2D eigenvalue weighted by Gasteiger charge is 2.31. The highest BCUT2D eigenvalue weighted by molar-refractivity contribution is 5.94. The number of benzene rings is 1. The minimum atomic E-state index is -4.72. The molecule has 114 valence electrons. The van der Waals surface area contributed by atoms with Gasteiger partial charge in [-0.3, -0.25) is 4.98 Å². The van der Waals surface area contributed by atoms with E-state index in [4.69, 9.17) is 5.73 Å². The summed E-state index contributed by atoms with van der Waals surface area (Å²) in [5.41, 5.74) is 8.60. The van der Waals surface area contributed by atoms with Crippen molar-refractivity contribution in [1.29, 1.82) is 0 Å². The molecule has 0 saturated heterocycles. The number of fused-ring (bicyclic) bond motifs is 1. The third-order valence-corrected chi connectivity index (χ3v) is 3.14. The van der Waals surface area contributed by atoms with Crippen LogP contribution in [-0.4, -0.2) is 25.4 Å². The monoisotopic (exact) mass is 299 g/mol. The number of nitrogens with two attached hydrogens (primary N) is 1. The van der Waals surface area contributed by atoms with Gasteiger partial charge in [-0.05, 0) is 30.7 Å². The molecule has 1 aromatic heterocycles. The van der Waals surface area contributed by atoms with Crippen LogP contribution in [0.5, 0.6) is 5.75 Å². The molecule has 0 atom stereocenters. The first-order valence-corrected chi connectivity index (χ1v) is 6.29. The highest BCUT2D eigenvalue weighted by Crippen LogP contribution is 2.34. The molecule has 0 aliphatic rings. The van der Waals surface area contributed by atoms with Crippen molar-refractivity contribution >= 4 is 16.6 Å². The summed E-state index contributed by atoms with van der Waals surface area (Å²) in [4.78, 5) is 6.21. The van der Waals surface area contributed by atoms with Crippen LogP contribution in [0.4, 0.5) is 18.9 Å². The van der Waals surface area contributed by atoms with E-state index < -0.39 is 6.36 Å². The smallest absolute Gasteiger partial charge is 0.406 e. The molecule has 0 fully saturated rings. The first-order valence-electron chi connectivity index (χ1n) is 6.29. The molecular formula is C14H16F3N3O. The molecule has 2 rings (SSSR count). The van der Waals surface area contributed by atoms with Gasteiger partial charge in [-0.15, -0.1) is 13.2 Å². The number of rotatable bonds is 3. The molecule has 0 unspecified atom stereocenters. The molecule has 1 aromatic carbocycles. The minimum Gasteiger partial charge on any atom is -0.406 e. The lowest BCUT2D eigenvalue weighted by Crippen LogP contribution is -2.17. The maximum Gasteiger partial charge on any atom is 0.573 e. The predicted molar refractivity (Wildman–Crippen MR) is 75.4 cm³/mol. The van der Waals surface area contributed by atoms with E-state index in [2.05, 4.69) is 9.72 Å². The largest absolute Gasteiger partial charge is 0.573 e. The number of alkyl halides is 3. The zero-order chi connectivity index (χ0) is 15.8. The lowest BCUT2D eigenvalue weighted by molar-refractivity contribution is -0.274. The summed E-state index contributed by atoms with van der Waals surface area (Å²) in [6, 6.07) is 4.10. The van der Waals surface area contributed by atoms with Crippen molar-refractivity contribution in [1.82, 2.24) is 4.98 Å². The molecule has 0 radical (unpaired) electrons. The summed E-state index contributed by atoms with van der Waals surface area (Å²) in [5, 5.41) is 0.594. The Morgan fingerprint density at radius 3 is 2.48 bits per heavy atom. The number of aromatic nitrogens is 1. The second-order valence-corrected chi connectivity index (χ2v) is 4.86. The van der Waals surface area contributed by atoms with Gasteiger partial charge in [-0.2, -0.15) is 0 Å². The minimum absolute atomic E-state index is 0.264. The number of ether oxygens (including phenoxy) is 1. The van der Waals surface area contributed by atoms with E-state index in [1.54, 1.807) is 0 Å². The van der Waals surface area contributed by atoms with Gasteiger partial charge < -0.3 is 15.4 Å². The summed E-state index contributed by atoms with van der Waals surface area (Å²) in [5.74, 6) is -0.264. The predicted octanol–water partition coefficient (Wildman–Crippen LogP) is 2.97. The Kier molecular flexibility index (Phi) is 3.95. The summed E-state index contributed by atoms with van der Waals surface area (Å²) in [6.07, 6.45) is -4.72. The number of nitrogens with zero attached hydrogens (tertiary/aromatic N) is 2. The molecule has 7 heteroatoms. The third kappa shape index (κ3) is 3.18. The van der Waals surface area contributed by atoms with Gasteiger partial charge in [0.25, 0.3) is 0 Å². The van der Waals surface area contributed by atoms with Crippen molar-refractivity contribution in [3.63, 3.8) is 0 Å². The van der Waals surface area contributed by atoms with Crippen molar-refractivity contribution in [3.05, 3.63) is 29.5 Å². The van der Waals surface area contributed by atoms with E-state index >= 15 is 0 Å². The molecule has 1 heterocycles. The Morgan fingerprint density at radius 1 is 1.29 bits per heavy atom. The van der Waals surface area contributed by atoms with E-state index in [9.17, 15) is 13.2 Å². The van der Waals surface area contributed by atoms with Crippen LogP contribution >= 0.6 is 0 Å². The van der Waals surface area contributed by atoms with Crippen LogP contribution in [0.1, 0.15) is 11.3 Å². The molecule has 4 nitrogen and oxygen atoms in total. The molecule has 2 N–H and O–H groups in total. The van der Waals surface area contributed by atoms with Crippen molar-refractivity contribution in [2.45, 2.75) is 19.8 Å². The number of halogens is 3. The number of anilines is 1. The maximum absolute atomic E-state index is 12.3. The first kappa shape index (κ1) is 15.4. The van der Waals surface area contributed by atoms with Gasteiger partial charge in [0.05, 0.1) is 16.9 Å². The SMILES string of the molecule is Cc1c(CN)nc2ccc(OC(F)(F)F)cc2c1N(C)C. The molecule has 0 amide bonds. The van der Waals surface area contributed by atoms with Gasteiger partial charge in [0.1, 0.15) is 5.75 Å². The number of hydrogen-bond donors (Lipinski definition) is 1. The molecule has 0 aliphatic heterocycles. The first-order chi connectivity index (χ1) is 9.73. The molecule has 2 aromatic rings. The van der Waals surface area contributed by atoms with E-state index in [0.717, 1.165) is 16.9 Å². The normalized spacial score (nSPS) is 11.8. The Balaban J connectivity index is 2.67. The van der Waals surface area contributed by atoms with E-state index in [1.165, 1.54) is 18.2 Å². The van der Waals surface area contributed by atoms with Gasteiger partial charge in [0, 0.05) is 26.0 Å². The Morgan fingerprint density at radius 2 is 1.95 bits per heavy atom. The summed E-state index contributed by atoms with van der Waals surface area (Å²) >= 11 is 0. The lowest BCUT2D eigenvalue weighted by Gasteiger charge is -2.21. The molecule has 0 saturated carbocycles. The van der Waals surface area contributed by atoms with Gasteiger partial charge in [-0.25, -0.2) is 0 Å². The number of pyridine rings is 1. The van der Waals surface area contributed by atoms with Crippen LogP contribution in [0.2, 0.25) is 0 Å². The van der Waals surface area contributed by atoms with Crippen LogP contribution in [-0.2, 0) is 6.54 Å². The van der Waals surface area contributed by atoms with Crippen LogP contribution in [0, 0.1) is 6.92 Å². The number of hydrogen-bond acceptors (Lipinski definition) is 4. The fourth-order valence-corrected chi connectivity index (χ4v) is 2.34. The molecule has 0 bridgehead atoms. The topological polar surface area (TPSA) is 51.4 Å². The summed E-state index contributed by atoms with van der Waals surface area (Å²) in [6.45, 7) is 2.12. The van der Waals surface area contributed by atoms with Crippen LogP contribution in [0.25, 0.3) is 10.9 Å². The second-order valence-electron chi connectivity index (χ2n) is 4.86. The fraction of sp³-hybridized carbons (Fsp3) is 0.357. The Labute approximate surface area is 120 Å². The Hall–Kier alpha value is -2.02.